The molecule has 3 nitrogen and oxygen atoms in total. The third kappa shape index (κ3) is 3.06. The van der Waals surface area contributed by atoms with Gasteiger partial charge in [0.15, 0.2) is 0 Å². The minimum absolute atomic E-state index is 0.215. The number of ether oxygens (including phenoxy) is 2. The molecule has 29 heavy (non-hydrogen) atoms. The van der Waals surface area contributed by atoms with Crippen LogP contribution in [0, 0.1) is 11.8 Å². The summed E-state index contributed by atoms with van der Waals surface area (Å²) in [6, 6.07) is 12.5. The van der Waals surface area contributed by atoms with Gasteiger partial charge in [0, 0.05) is 5.56 Å². The van der Waals surface area contributed by atoms with Crippen LogP contribution < -0.4 is 4.74 Å². The zero-order valence-corrected chi connectivity index (χ0v) is 18.4. The fraction of sp³-hybridized carbons (Fsp3) is 0.500. The van der Waals surface area contributed by atoms with Crippen LogP contribution in [0.3, 0.4) is 0 Å². The lowest BCUT2D eigenvalue weighted by Crippen LogP contribution is -2.28. The molecule has 2 aliphatic rings. The average molecular weight is 393 g/mol. The molecule has 0 saturated carbocycles. The molecule has 3 heteroatoms. The minimum atomic E-state index is -0.271. The Kier molecular flexibility index (Phi) is 4.96. The number of hydrogen-bond donors (Lipinski definition) is 0. The molecule has 4 rings (SSSR count). The molecule has 5 unspecified atom stereocenters. The zero-order chi connectivity index (χ0) is 20.9. The van der Waals surface area contributed by atoms with Gasteiger partial charge in [-0.3, -0.25) is 0 Å². The first-order valence-electron chi connectivity index (χ1n) is 10.9. The summed E-state index contributed by atoms with van der Waals surface area (Å²) in [6.45, 7) is 14.5. The Bertz CT molecular complexity index is 930. The quantitative estimate of drug-likeness (QED) is 0.596. The SMILES string of the molecule is CCOC(=O)c1ccc(C2(C)COc3cc4c(cc32)C(C)C(C)C(C)C4C)cc1. The number of carbonyl (C=O) groups is 1. The van der Waals surface area contributed by atoms with E-state index in [1.165, 1.54) is 22.3 Å². The summed E-state index contributed by atoms with van der Waals surface area (Å²) in [4.78, 5) is 12.0. The van der Waals surface area contributed by atoms with Crippen molar-refractivity contribution >= 4 is 5.97 Å². The molecule has 2 aromatic carbocycles. The van der Waals surface area contributed by atoms with Crippen LogP contribution in [0.4, 0.5) is 0 Å². The van der Waals surface area contributed by atoms with Gasteiger partial charge in [-0.25, -0.2) is 4.79 Å². The van der Waals surface area contributed by atoms with Crippen molar-refractivity contribution in [2.24, 2.45) is 11.8 Å². The highest BCUT2D eigenvalue weighted by Crippen LogP contribution is 2.51. The summed E-state index contributed by atoms with van der Waals surface area (Å²) in [6.07, 6.45) is 0. The van der Waals surface area contributed by atoms with Crippen LogP contribution in [-0.2, 0) is 10.2 Å². The summed E-state index contributed by atoms with van der Waals surface area (Å²) in [5, 5.41) is 0. The van der Waals surface area contributed by atoms with Gasteiger partial charge in [0.2, 0.25) is 0 Å². The van der Waals surface area contributed by atoms with Crippen LogP contribution in [0.15, 0.2) is 36.4 Å². The Morgan fingerprint density at radius 1 is 1.03 bits per heavy atom. The fourth-order valence-corrected chi connectivity index (χ4v) is 5.16. The summed E-state index contributed by atoms with van der Waals surface area (Å²) in [5.74, 6) is 3.15. The summed E-state index contributed by atoms with van der Waals surface area (Å²) in [5.41, 5.74) is 5.73. The van der Waals surface area contributed by atoms with Crippen molar-refractivity contribution in [2.75, 3.05) is 13.2 Å². The van der Waals surface area contributed by atoms with Crippen LogP contribution in [0.25, 0.3) is 0 Å². The van der Waals surface area contributed by atoms with E-state index in [1.54, 1.807) is 0 Å². The van der Waals surface area contributed by atoms with Crippen LogP contribution in [-0.4, -0.2) is 19.2 Å². The minimum Gasteiger partial charge on any atom is -0.492 e. The van der Waals surface area contributed by atoms with E-state index in [4.69, 9.17) is 9.47 Å². The lowest BCUT2D eigenvalue weighted by Gasteiger charge is -2.39. The van der Waals surface area contributed by atoms with Crippen molar-refractivity contribution in [1.82, 2.24) is 0 Å². The molecule has 154 valence electrons. The second-order valence-corrected chi connectivity index (χ2v) is 9.19. The number of benzene rings is 2. The van der Waals surface area contributed by atoms with Gasteiger partial charge in [0.1, 0.15) is 12.4 Å². The van der Waals surface area contributed by atoms with Crippen LogP contribution in [0.1, 0.15) is 86.0 Å². The van der Waals surface area contributed by atoms with Crippen molar-refractivity contribution in [3.8, 4) is 5.75 Å². The maximum atomic E-state index is 12.0. The van der Waals surface area contributed by atoms with Crippen molar-refractivity contribution in [1.29, 1.82) is 0 Å². The Balaban J connectivity index is 1.74. The largest absolute Gasteiger partial charge is 0.492 e. The van der Waals surface area contributed by atoms with Gasteiger partial charge in [-0.05, 0) is 72.4 Å². The number of esters is 1. The molecular formula is C26H32O3. The standard InChI is InChI=1S/C26H32O3/c1-7-28-25(27)19-8-10-20(11-9-19)26(6)14-29-24-13-22-18(5)16(3)15(2)17(4)21(22)12-23(24)26/h8-13,15-18H,7,14H2,1-6H3. The molecule has 5 atom stereocenters. The van der Waals surface area contributed by atoms with Crippen molar-refractivity contribution in [3.63, 3.8) is 0 Å². The molecular weight excluding hydrogens is 360 g/mol. The summed E-state index contributed by atoms with van der Waals surface area (Å²) >= 11 is 0. The highest BCUT2D eigenvalue weighted by molar-refractivity contribution is 5.89. The Labute approximate surface area is 174 Å². The van der Waals surface area contributed by atoms with Gasteiger partial charge >= 0.3 is 5.97 Å². The van der Waals surface area contributed by atoms with Crippen molar-refractivity contribution < 1.29 is 14.3 Å². The first-order chi connectivity index (χ1) is 13.8. The maximum Gasteiger partial charge on any atom is 0.338 e. The summed E-state index contributed by atoms with van der Waals surface area (Å²) < 4.78 is 11.3. The van der Waals surface area contributed by atoms with Gasteiger partial charge in [-0.15, -0.1) is 0 Å². The molecule has 0 bridgehead atoms. The molecule has 0 N–H and O–H groups in total. The van der Waals surface area contributed by atoms with E-state index < -0.39 is 0 Å². The van der Waals surface area contributed by atoms with Gasteiger partial charge in [0.25, 0.3) is 0 Å². The second-order valence-electron chi connectivity index (χ2n) is 9.19. The van der Waals surface area contributed by atoms with Crippen molar-refractivity contribution in [2.45, 2.75) is 58.8 Å². The molecule has 0 saturated heterocycles. The maximum absolute atomic E-state index is 12.0. The third-order valence-electron chi connectivity index (χ3n) is 7.72. The van der Waals surface area contributed by atoms with E-state index >= 15 is 0 Å². The van der Waals surface area contributed by atoms with E-state index in [1.807, 2.05) is 31.2 Å². The molecule has 1 aliphatic heterocycles. The number of rotatable bonds is 3. The van der Waals surface area contributed by atoms with Gasteiger partial charge in [-0.2, -0.15) is 0 Å². The molecule has 2 aromatic rings. The van der Waals surface area contributed by atoms with E-state index in [0.29, 0.717) is 42.4 Å². The lowest BCUT2D eigenvalue weighted by molar-refractivity contribution is 0.0526. The first kappa shape index (κ1) is 20.0. The highest BCUT2D eigenvalue weighted by Gasteiger charge is 2.42. The van der Waals surface area contributed by atoms with E-state index in [2.05, 4.69) is 46.8 Å². The Morgan fingerprint density at radius 3 is 2.21 bits per heavy atom. The molecule has 0 fully saturated rings. The molecule has 0 aromatic heterocycles. The fourth-order valence-electron chi connectivity index (χ4n) is 5.16. The monoisotopic (exact) mass is 392 g/mol. The molecule has 1 heterocycles. The van der Waals surface area contributed by atoms with Crippen molar-refractivity contribution in [3.05, 3.63) is 64.2 Å². The Hall–Kier alpha value is -2.29. The van der Waals surface area contributed by atoms with E-state index in [0.717, 1.165) is 5.75 Å². The predicted molar refractivity (Wildman–Crippen MR) is 116 cm³/mol. The zero-order valence-electron chi connectivity index (χ0n) is 18.4. The Morgan fingerprint density at radius 2 is 1.62 bits per heavy atom. The number of carbonyl (C=O) groups excluding carboxylic acids is 1. The second kappa shape index (κ2) is 7.19. The molecule has 1 aliphatic carbocycles. The van der Waals surface area contributed by atoms with Crippen LogP contribution >= 0.6 is 0 Å². The first-order valence-corrected chi connectivity index (χ1v) is 10.9. The van der Waals surface area contributed by atoms with Crippen LogP contribution in [0.2, 0.25) is 0 Å². The number of fused-ring (bicyclic) bond motifs is 2. The lowest BCUT2D eigenvalue weighted by atomic mass is 9.65. The smallest absolute Gasteiger partial charge is 0.338 e. The predicted octanol–water partition coefficient (Wildman–Crippen LogP) is 6.05. The van der Waals surface area contributed by atoms with Crippen LogP contribution in [0.5, 0.6) is 5.75 Å². The normalized spacial score (nSPS) is 30.3. The molecule has 0 amide bonds. The highest BCUT2D eigenvalue weighted by atomic mass is 16.5. The topological polar surface area (TPSA) is 35.5 Å². The number of hydrogen-bond acceptors (Lipinski definition) is 3. The summed E-state index contributed by atoms with van der Waals surface area (Å²) in [7, 11) is 0. The van der Waals surface area contributed by atoms with E-state index in [-0.39, 0.29) is 11.4 Å². The van der Waals surface area contributed by atoms with Gasteiger partial charge in [0.05, 0.1) is 17.6 Å². The van der Waals surface area contributed by atoms with E-state index in [9.17, 15) is 4.79 Å². The third-order valence-corrected chi connectivity index (χ3v) is 7.72. The average Bonchev–Trinajstić information content (AvgIpc) is 3.07. The molecule has 0 spiro atoms. The van der Waals surface area contributed by atoms with Gasteiger partial charge < -0.3 is 9.47 Å². The van der Waals surface area contributed by atoms with Gasteiger partial charge in [-0.1, -0.05) is 45.9 Å². The molecule has 0 radical (unpaired) electrons.